The molecule has 282 valence electrons. The van der Waals surface area contributed by atoms with Gasteiger partial charge < -0.3 is 29.7 Å². The van der Waals surface area contributed by atoms with Gasteiger partial charge in [0, 0.05) is 12.0 Å². The molecule has 3 aromatic rings. The number of carbonyl (C=O) groups is 3. The fraction of sp³-hybridized carbons (Fsp3) is 0.477. The summed E-state index contributed by atoms with van der Waals surface area (Å²) in [4.78, 5) is 56.0. The maximum absolute atomic E-state index is 14.2. The van der Waals surface area contributed by atoms with Gasteiger partial charge in [-0.1, -0.05) is 91.3 Å². The van der Waals surface area contributed by atoms with E-state index in [-0.39, 0.29) is 59.7 Å². The summed E-state index contributed by atoms with van der Waals surface area (Å²) in [6.07, 6.45) is 12.6. The molecule has 3 atom stereocenters. The van der Waals surface area contributed by atoms with Crippen LogP contribution in [0.3, 0.4) is 0 Å². The number of fused-ring (bicyclic) bond motifs is 7. The molecule has 0 saturated carbocycles. The van der Waals surface area contributed by atoms with E-state index in [0.29, 0.717) is 46.1 Å². The van der Waals surface area contributed by atoms with Crippen molar-refractivity contribution >= 4 is 64.6 Å². The summed E-state index contributed by atoms with van der Waals surface area (Å²) in [6, 6.07) is 0. The molecular formula is C44H52MgN4O5-2. The molecule has 2 aliphatic heterocycles. The van der Waals surface area contributed by atoms with Crippen molar-refractivity contribution in [3.05, 3.63) is 95.2 Å². The number of aromatic nitrogens is 3. The number of ketones is 1. The molecule has 1 fully saturated rings. The van der Waals surface area contributed by atoms with Crippen LogP contribution in [0.15, 0.2) is 23.0 Å². The van der Waals surface area contributed by atoms with Gasteiger partial charge in [0.15, 0.2) is 5.78 Å². The Balaban J connectivity index is 0.00000561. The number of esters is 2. The van der Waals surface area contributed by atoms with E-state index in [4.69, 9.17) is 29.7 Å². The molecule has 3 aliphatic rings. The normalized spacial score (nSPS) is 22.5. The van der Waals surface area contributed by atoms with E-state index in [0.717, 1.165) is 69.3 Å². The molecule has 0 radical (unpaired) electrons. The first-order valence-corrected chi connectivity index (χ1v) is 19.0. The van der Waals surface area contributed by atoms with Crippen molar-refractivity contribution < 1.29 is 23.9 Å². The van der Waals surface area contributed by atoms with Crippen LogP contribution in [0, 0.1) is 51.4 Å². The summed E-state index contributed by atoms with van der Waals surface area (Å²) in [5.41, 5.74) is 11.2. The third kappa shape index (κ3) is 7.74. The number of rotatable bonds is 11. The number of methoxy groups -OCH3 is 1. The standard InChI is InChI=1S/C44H53N4O5.Mg/c1-11-29-26(7)33-19-31-24(5)25(6)32(45-31)20-34-27(8)30(15-16-37(49)53-18-17-23(4)14-12-13-22(2)3)41(47-34)39-40(44(51)52-10)43(50)38-28(9)35(48-42(38)39)21-36(29)46-33;/h17,19-22,27,30,40H,11-16,18H2,1-10H3,(H-,47,48,50);/q-3;+2/p-1/b23-17+,33-19-,34-20-,36-21-;/t27-,30-,40+;/m0./s1. The summed E-state index contributed by atoms with van der Waals surface area (Å²) in [5.74, 6) is -2.29. The van der Waals surface area contributed by atoms with Crippen LogP contribution in [0.5, 0.6) is 0 Å². The Morgan fingerprint density at radius 3 is 2.24 bits per heavy atom. The Morgan fingerprint density at radius 2 is 1.57 bits per heavy atom. The predicted octanol–water partition coefficient (Wildman–Crippen LogP) is 6.42. The summed E-state index contributed by atoms with van der Waals surface area (Å²) in [7, 11) is 1.29. The van der Waals surface area contributed by atoms with Gasteiger partial charge in [0.05, 0.1) is 7.11 Å². The van der Waals surface area contributed by atoms with Crippen LogP contribution in [-0.2, 0) is 25.5 Å². The monoisotopic (exact) mass is 740 g/mol. The predicted molar refractivity (Wildman–Crippen MR) is 213 cm³/mol. The maximum Gasteiger partial charge on any atom is 2.00 e. The molecule has 8 bridgehead atoms. The van der Waals surface area contributed by atoms with Crippen LogP contribution >= 0.6 is 0 Å². The van der Waals surface area contributed by atoms with Gasteiger partial charge >= 0.3 is 35.0 Å². The van der Waals surface area contributed by atoms with Crippen molar-refractivity contribution in [2.75, 3.05) is 13.7 Å². The number of hydrogen-bond acceptors (Lipinski definition) is 5. The second kappa shape index (κ2) is 16.8. The average Bonchev–Trinajstić information content (AvgIpc) is 3.85. The van der Waals surface area contributed by atoms with Crippen LogP contribution in [0.4, 0.5) is 0 Å². The number of ether oxygens (including phenoxy) is 2. The van der Waals surface area contributed by atoms with E-state index >= 15 is 0 Å². The molecule has 6 rings (SSSR count). The van der Waals surface area contributed by atoms with Crippen molar-refractivity contribution in [2.45, 2.75) is 101 Å². The van der Waals surface area contributed by atoms with Crippen LogP contribution in [0.25, 0.3) is 29.1 Å². The Hall–Kier alpha value is -4.02. The van der Waals surface area contributed by atoms with Gasteiger partial charge in [-0.25, -0.2) is 0 Å². The molecule has 3 aromatic heterocycles. The van der Waals surface area contributed by atoms with E-state index < -0.39 is 11.9 Å². The molecule has 1 aliphatic carbocycles. The zero-order valence-corrected chi connectivity index (χ0v) is 35.0. The van der Waals surface area contributed by atoms with Gasteiger partial charge in [-0.2, -0.15) is 11.4 Å². The van der Waals surface area contributed by atoms with Gasteiger partial charge in [0.2, 0.25) is 0 Å². The second-order valence-electron chi connectivity index (χ2n) is 15.4. The molecule has 1 saturated heterocycles. The fourth-order valence-corrected chi connectivity index (χ4v) is 8.01. The van der Waals surface area contributed by atoms with Crippen molar-refractivity contribution in [1.82, 2.24) is 15.0 Å². The summed E-state index contributed by atoms with van der Waals surface area (Å²) >= 11 is 0. The number of carbonyl (C=O) groups excluding carboxylic acids is 3. The smallest absolute Gasteiger partial charge is 0.664 e. The summed E-state index contributed by atoms with van der Waals surface area (Å²) in [6.45, 7) is 19.0. The van der Waals surface area contributed by atoms with Crippen LogP contribution in [0.2, 0.25) is 0 Å². The topological polar surface area (TPSA) is 126 Å². The van der Waals surface area contributed by atoms with E-state index in [1.54, 1.807) is 0 Å². The molecule has 0 N–H and O–H groups in total. The molecule has 0 aromatic carbocycles. The minimum absolute atomic E-state index is 0. The molecular weight excluding hydrogens is 689 g/mol. The Morgan fingerprint density at radius 1 is 0.907 bits per heavy atom. The van der Waals surface area contributed by atoms with Crippen LogP contribution in [-0.4, -0.2) is 54.5 Å². The second-order valence-corrected chi connectivity index (χ2v) is 15.4. The number of hydrogen-bond donors (Lipinski definition) is 0. The first kappa shape index (κ1) is 41.1. The Bertz CT molecular complexity index is 2190. The average molecular weight is 741 g/mol. The zero-order valence-electron chi connectivity index (χ0n) is 33.6. The molecule has 5 heterocycles. The molecule has 0 spiro atoms. The maximum atomic E-state index is 14.2. The summed E-state index contributed by atoms with van der Waals surface area (Å²) < 4.78 is 10.9. The quantitative estimate of drug-likeness (QED) is 0.0955. The Labute approximate surface area is 335 Å². The van der Waals surface area contributed by atoms with Crippen molar-refractivity contribution in [2.24, 2.45) is 23.7 Å². The van der Waals surface area contributed by atoms with Gasteiger partial charge in [-0.15, -0.1) is 33.5 Å². The third-order valence-corrected chi connectivity index (χ3v) is 11.5. The minimum Gasteiger partial charge on any atom is -0.664 e. The molecule has 54 heavy (non-hydrogen) atoms. The molecule has 9 nitrogen and oxygen atoms in total. The van der Waals surface area contributed by atoms with Crippen molar-refractivity contribution in [3.8, 4) is 0 Å². The van der Waals surface area contributed by atoms with E-state index in [1.165, 1.54) is 19.1 Å². The van der Waals surface area contributed by atoms with Gasteiger partial charge in [-0.3, -0.25) is 14.4 Å². The first-order valence-electron chi connectivity index (χ1n) is 19.0. The van der Waals surface area contributed by atoms with E-state index in [1.807, 2.05) is 31.2 Å². The molecule has 10 heteroatoms. The molecule has 0 unspecified atom stereocenters. The zero-order chi connectivity index (χ0) is 38.3. The van der Waals surface area contributed by atoms with E-state index in [9.17, 15) is 14.4 Å². The Kier molecular flexibility index (Phi) is 12.8. The van der Waals surface area contributed by atoms with Gasteiger partial charge in [0.1, 0.15) is 12.5 Å². The third-order valence-electron chi connectivity index (χ3n) is 11.5. The van der Waals surface area contributed by atoms with Crippen molar-refractivity contribution in [3.63, 3.8) is 0 Å². The van der Waals surface area contributed by atoms with Gasteiger partial charge in [0.25, 0.3) is 0 Å². The minimum atomic E-state index is -1.20. The number of Topliss-reactive ketones (excluding diaryl/α,β-unsaturated/α-hetero) is 1. The van der Waals surface area contributed by atoms with Crippen LogP contribution in [0.1, 0.15) is 128 Å². The number of nitrogens with zero attached hydrogens (tertiary/aromatic N) is 4. The van der Waals surface area contributed by atoms with Gasteiger partial charge in [-0.05, 0) is 84.1 Å². The fourth-order valence-electron chi connectivity index (χ4n) is 8.01. The van der Waals surface area contributed by atoms with Crippen LogP contribution < -0.4 is 25.7 Å². The number of allylic oxidation sites excluding steroid dienone is 3. The SMILES string of the molecule is CCc1c(C)/c2[n-]/c1=C\c1[n-]c3c(c1C)C(=O)[C@H](C(=O)OC)/C3=C1/[N-]/C(=C\c3[n-]c(c(C)c3C)\C=2)[C@@H](C)[C@@H]1CCC(=O)OC/C=C(\C)CCCC(C)C.[Mg+2]. The molecule has 0 amide bonds. The van der Waals surface area contributed by atoms with Crippen molar-refractivity contribution in [1.29, 1.82) is 0 Å². The largest absolute Gasteiger partial charge is 2.00 e. The first-order chi connectivity index (χ1) is 25.2. The van der Waals surface area contributed by atoms with E-state index in [2.05, 4.69) is 55.4 Å². The summed E-state index contributed by atoms with van der Waals surface area (Å²) in [5, 5.41) is 6.85.